The summed E-state index contributed by atoms with van der Waals surface area (Å²) in [6.45, 7) is 3.23. The van der Waals surface area contributed by atoms with Gasteiger partial charge >= 0.3 is 5.97 Å². The Morgan fingerprint density at radius 2 is 1.85 bits per heavy atom. The molecule has 2 N–H and O–H groups in total. The highest BCUT2D eigenvalue weighted by Crippen LogP contribution is 2.09. The van der Waals surface area contributed by atoms with Crippen LogP contribution in [0.2, 0.25) is 0 Å². The molecule has 0 aliphatic rings. The minimum atomic E-state index is -3.72. The molecular formula is C13H20N2O4S. The van der Waals surface area contributed by atoms with Crippen molar-refractivity contribution in [1.82, 2.24) is 9.03 Å². The number of hydrogen-bond donors (Lipinski definition) is 2. The van der Waals surface area contributed by atoms with E-state index in [1.54, 1.807) is 0 Å². The predicted molar refractivity (Wildman–Crippen MR) is 76.2 cm³/mol. The van der Waals surface area contributed by atoms with Crippen molar-refractivity contribution in [2.75, 3.05) is 7.05 Å². The maximum atomic E-state index is 12.1. The summed E-state index contributed by atoms with van der Waals surface area (Å²) in [5, 5.41) is 8.87. The quantitative estimate of drug-likeness (QED) is 0.788. The van der Waals surface area contributed by atoms with Gasteiger partial charge in [-0.2, -0.15) is 17.4 Å². The van der Waals surface area contributed by atoms with Crippen LogP contribution >= 0.6 is 0 Å². The average molecular weight is 300 g/mol. The summed E-state index contributed by atoms with van der Waals surface area (Å²) in [5.74, 6) is -1.83. The first-order valence-corrected chi connectivity index (χ1v) is 7.68. The standard InChI is InChI=1S/C13H20N2O4S/c1-10(13(16)17)11(2)14-20(18,19)15(3)9-12-7-5-4-6-8-12/h4-8,10-11,14H,9H2,1-3H3,(H,16,17). The molecule has 0 aliphatic carbocycles. The molecule has 1 rings (SSSR count). The molecule has 20 heavy (non-hydrogen) atoms. The Labute approximate surface area is 119 Å². The van der Waals surface area contributed by atoms with E-state index in [2.05, 4.69) is 4.72 Å². The molecule has 2 atom stereocenters. The van der Waals surface area contributed by atoms with E-state index in [-0.39, 0.29) is 6.54 Å². The first-order valence-electron chi connectivity index (χ1n) is 6.24. The summed E-state index contributed by atoms with van der Waals surface area (Å²) < 4.78 is 27.7. The molecule has 1 aromatic rings. The van der Waals surface area contributed by atoms with E-state index < -0.39 is 28.1 Å². The Morgan fingerprint density at radius 1 is 1.30 bits per heavy atom. The SMILES string of the molecule is CC(NS(=O)(=O)N(C)Cc1ccccc1)C(C)C(=O)O. The third-order valence-electron chi connectivity index (χ3n) is 3.13. The van der Waals surface area contributed by atoms with Crippen LogP contribution in [0.25, 0.3) is 0 Å². The number of rotatable bonds is 7. The van der Waals surface area contributed by atoms with Crippen molar-refractivity contribution in [3.05, 3.63) is 35.9 Å². The molecule has 0 radical (unpaired) electrons. The third-order valence-corrected chi connectivity index (χ3v) is 4.75. The number of nitrogens with one attached hydrogen (secondary N) is 1. The molecule has 112 valence electrons. The van der Waals surface area contributed by atoms with Gasteiger partial charge in [0.1, 0.15) is 0 Å². The monoisotopic (exact) mass is 300 g/mol. The molecule has 0 aliphatic heterocycles. The lowest BCUT2D eigenvalue weighted by Gasteiger charge is -2.23. The van der Waals surface area contributed by atoms with Crippen LogP contribution in [0.5, 0.6) is 0 Å². The second kappa shape index (κ2) is 6.83. The maximum absolute atomic E-state index is 12.1. The number of aliphatic carboxylic acids is 1. The van der Waals surface area contributed by atoms with Crippen LogP contribution in [0, 0.1) is 5.92 Å². The van der Waals surface area contributed by atoms with Crippen molar-refractivity contribution in [3.8, 4) is 0 Å². The van der Waals surface area contributed by atoms with Gasteiger partial charge in [-0.15, -0.1) is 0 Å². The van der Waals surface area contributed by atoms with E-state index in [0.717, 1.165) is 9.87 Å². The second-order valence-electron chi connectivity index (χ2n) is 4.78. The van der Waals surface area contributed by atoms with Gasteiger partial charge in [0.2, 0.25) is 0 Å². The Bertz CT molecular complexity index is 545. The number of hydrogen-bond acceptors (Lipinski definition) is 3. The number of carbonyl (C=O) groups is 1. The highest BCUT2D eigenvalue weighted by Gasteiger charge is 2.26. The molecule has 0 heterocycles. The lowest BCUT2D eigenvalue weighted by atomic mass is 10.1. The average Bonchev–Trinajstić information content (AvgIpc) is 2.38. The Kier molecular flexibility index (Phi) is 5.67. The summed E-state index contributed by atoms with van der Waals surface area (Å²) in [5.41, 5.74) is 0.860. The van der Waals surface area contributed by atoms with E-state index in [9.17, 15) is 13.2 Å². The topological polar surface area (TPSA) is 86.7 Å². The molecule has 0 amide bonds. The van der Waals surface area contributed by atoms with Crippen molar-refractivity contribution in [3.63, 3.8) is 0 Å². The van der Waals surface area contributed by atoms with Crippen LogP contribution in [0.15, 0.2) is 30.3 Å². The van der Waals surface area contributed by atoms with Crippen molar-refractivity contribution >= 4 is 16.2 Å². The van der Waals surface area contributed by atoms with Crippen LogP contribution in [0.1, 0.15) is 19.4 Å². The highest BCUT2D eigenvalue weighted by molar-refractivity contribution is 7.87. The fraction of sp³-hybridized carbons (Fsp3) is 0.462. The molecule has 0 bridgehead atoms. The van der Waals surface area contributed by atoms with E-state index in [0.29, 0.717) is 0 Å². The first-order chi connectivity index (χ1) is 9.24. The largest absolute Gasteiger partial charge is 0.481 e. The van der Waals surface area contributed by atoms with Crippen molar-refractivity contribution in [1.29, 1.82) is 0 Å². The smallest absolute Gasteiger partial charge is 0.307 e. The van der Waals surface area contributed by atoms with Crippen LogP contribution in [-0.4, -0.2) is 36.9 Å². The molecule has 0 spiro atoms. The maximum Gasteiger partial charge on any atom is 0.307 e. The van der Waals surface area contributed by atoms with Crippen molar-refractivity contribution in [2.24, 2.45) is 5.92 Å². The van der Waals surface area contributed by atoms with Gasteiger partial charge in [-0.1, -0.05) is 37.3 Å². The Balaban J connectivity index is 2.71. The molecule has 6 nitrogen and oxygen atoms in total. The van der Waals surface area contributed by atoms with E-state index >= 15 is 0 Å². The second-order valence-corrected chi connectivity index (χ2v) is 6.59. The summed E-state index contributed by atoms with van der Waals surface area (Å²) in [6, 6.07) is 8.49. The van der Waals surface area contributed by atoms with Crippen molar-refractivity contribution in [2.45, 2.75) is 26.4 Å². The minimum Gasteiger partial charge on any atom is -0.481 e. The molecule has 0 saturated carbocycles. The van der Waals surface area contributed by atoms with Crippen LogP contribution in [0.3, 0.4) is 0 Å². The van der Waals surface area contributed by atoms with Gasteiger partial charge in [0.05, 0.1) is 5.92 Å². The van der Waals surface area contributed by atoms with Gasteiger partial charge in [-0.3, -0.25) is 4.79 Å². The summed E-state index contributed by atoms with van der Waals surface area (Å²) in [7, 11) is -2.26. The van der Waals surface area contributed by atoms with Gasteiger partial charge in [0.25, 0.3) is 10.2 Å². The zero-order valence-electron chi connectivity index (χ0n) is 11.8. The molecule has 2 unspecified atom stereocenters. The fourth-order valence-electron chi connectivity index (χ4n) is 1.57. The first kappa shape index (κ1) is 16.6. The minimum absolute atomic E-state index is 0.227. The summed E-state index contributed by atoms with van der Waals surface area (Å²) in [4.78, 5) is 10.8. The zero-order valence-corrected chi connectivity index (χ0v) is 12.6. The lowest BCUT2D eigenvalue weighted by molar-refractivity contribution is -0.141. The normalized spacial score (nSPS) is 15.0. The molecule has 0 fully saturated rings. The Morgan fingerprint density at radius 3 is 2.35 bits per heavy atom. The lowest BCUT2D eigenvalue weighted by Crippen LogP contribution is -2.46. The number of benzene rings is 1. The summed E-state index contributed by atoms with van der Waals surface area (Å²) in [6.07, 6.45) is 0. The third kappa shape index (κ3) is 4.59. The molecule has 0 aromatic heterocycles. The van der Waals surface area contributed by atoms with Gasteiger partial charge in [0, 0.05) is 19.6 Å². The zero-order chi connectivity index (χ0) is 15.3. The van der Waals surface area contributed by atoms with E-state index in [1.807, 2.05) is 30.3 Å². The number of carboxylic acid groups (broad SMARTS) is 1. The van der Waals surface area contributed by atoms with Crippen molar-refractivity contribution < 1.29 is 18.3 Å². The van der Waals surface area contributed by atoms with Gasteiger partial charge in [0.15, 0.2) is 0 Å². The molecule has 1 aromatic carbocycles. The molecule has 0 saturated heterocycles. The Hall–Kier alpha value is -1.44. The molecular weight excluding hydrogens is 280 g/mol. The molecule has 7 heteroatoms. The fourth-order valence-corrected chi connectivity index (χ4v) is 2.74. The van der Waals surface area contributed by atoms with E-state index in [4.69, 9.17) is 5.11 Å². The van der Waals surface area contributed by atoms with E-state index in [1.165, 1.54) is 20.9 Å². The van der Waals surface area contributed by atoms with Gasteiger partial charge in [-0.25, -0.2) is 0 Å². The van der Waals surface area contributed by atoms with Crippen LogP contribution in [-0.2, 0) is 21.5 Å². The highest BCUT2D eigenvalue weighted by atomic mass is 32.2. The predicted octanol–water partition coefficient (Wildman–Crippen LogP) is 1.06. The van der Waals surface area contributed by atoms with Crippen LogP contribution < -0.4 is 4.72 Å². The van der Waals surface area contributed by atoms with Gasteiger partial charge in [-0.05, 0) is 12.5 Å². The number of nitrogens with zero attached hydrogens (tertiary/aromatic N) is 1. The summed E-state index contributed by atoms with van der Waals surface area (Å²) >= 11 is 0. The number of carboxylic acids is 1. The van der Waals surface area contributed by atoms with Gasteiger partial charge < -0.3 is 5.11 Å². The van der Waals surface area contributed by atoms with Crippen LogP contribution in [0.4, 0.5) is 0 Å².